The summed E-state index contributed by atoms with van der Waals surface area (Å²) in [5, 5.41) is 0. The van der Waals surface area contributed by atoms with Gasteiger partial charge in [-0.2, -0.15) is 0 Å². The Morgan fingerprint density at radius 2 is 0.826 bits per heavy atom. The summed E-state index contributed by atoms with van der Waals surface area (Å²) in [5.41, 5.74) is 0. The minimum atomic E-state index is -1.92. The monoisotopic (exact) mass is 436 g/mol. The summed E-state index contributed by atoms with van der Waals surface area (Å²) in [4.78, 5) is 0. The third-order valence-electron chi connectivity index (χ3n) is 5.19. The molecule has 0 rings (SSSR count). The first-order valence-corrected chi connectivity index (χ1v) is 18.2. The number of quaternary nitrogens is 2. The first-order chi connectivity index (χ1) is 10.5. The normalized spacial score (nSPS) is 13.6. The minimum absolute atomic E-state index is 1.14. The van der Waals surface area contributed by atoms with Crippen molar-refractivity contribution in [3.05, 3.63) is 0 Å². The van der Waals surface area contributed by atoms with Crippen LogP contribution in [0.1, 0.15) is 52.4 Å². The van der Waals surface area contributed by atoms with Crippen molar-refractivity contribution in [3.63, 3.8) is 0 Å². The van der Waals surface area contributed by atoms with Crippen molar-refractivity contribution < 1.29 is 8.97 Å². The zero-order valence-corrected chi connectivity index (χ0v) is 20.7. The summed E-state index contributed by atoms with van der Waals surface area (Å²) in [7, 11) is 14.1. The quantitative estimate of drug-likeness (QED) is 0.259. The van der Waals surface area contributed by atoms with Gasteiger partial charge in [0.05, 0.1) is 0 Å². The molecule has 0 atom stereocenters. The predicted octanol–water partition coefficient (Wildman–Crippen LogP) is 5.23. The van der Waals surface area contributed by atoms with Crippen molar-refractivity contribution in [1.82, 2.24) is 0 Å². The van der Waals surface area contributed by atoms with E-state index in [2.05, 4.69) is 56.1 Å². The molecule has 2 nitrogen and oxygen atoms in total. The van der Waals surface area contributed by atoms with Gasteiger partial charge in [0.25, 0.3) is 0 Å². The van der Waals surface area contributed by atoms with Crippen molar-refractivity contribution in [2.75, 3.05) is 55.4 Å². The number of rotatable bonds is 14. The molecule has 0 spiro atoms. The van der Waals surface area contributed by atoms with Crippen molar-refractivity contribution in [2.24, 2.45) is 0 Å². The van der Waals surface area contributed by atoms with Gasteiger partial charge in [-0.25, -0.2) is 0 Å². The van der Waals surface area contributed by atoms with Crippen LogP contribution in [-0.4, -0.2) is 82.7 Å². The fourth-order valence-electron chi connectivity index (χ4n) is 3.71. The van der Waals surface area contributed by atoms with Crippen LogP contribution >= 0.6 is 0 Å². The van der Waals surface area contributed by atoms with Gasteiger partial charge < -0.3 is 0 Å². The van der Waals surface area contributed by atoms with Crippen molar-refractivity contribution >= 4 is 18.4 Å². The van der Waals surface area contributed by atoms with Crippen molar-refractivity contribution in [2.45, 2.75) is 70.1 Å². The molecule has 0 unspecified atom stereocenters. The fourth-order valence-corrected chi connectivity index (χ4v) is 19.5. The molecule has 3 heteroatoms. The van der Waals surface area contributed by atoms with Gasteiger partial charge in [-0.05, 0) is 0 Å². The number of hydrogen-bond acceptors (Lipinski definition) is 0. The van der Waals surface area contributed by atoms with Gasteiger partial charge in [0.2, 0.25) is 0 Å². The fraction of sp³-hybridized carbons (Fsp3) is 1.00. The average molecular weight is 435 g/mol. The molecule has 0 aromatic heterocycles. The van der Waals surface area contributed by atoms with E-state index in [1.165, 1.54) is 51.6 Å². The van der Waals surface area contributed by atoms with Crippen LogP contribution in [0.3, 0.4) is 0 Å². The van der Waals surface area contributed by atoms with Gasteiger partial charge in [0.1, 0.15) is 0 Å². The maximum absolute atomic E-state index is 2.38. The van der Waals surface area contributed by atoms with Crippen LogP contribution in [-0.2, 0) is 0 Å². The van der Waals surface area contributed by atoms with E-state index in [4.69, 9.17) is 0 Å². The predicted molar refractivity (Wildman–Crippen MR) is 110 cm³/mol. The molecule has 0 saturated carbocycles. The first-order valence-electron chi connectivity index (χ1n) is 10.1. The molecule has 0 N–H and O–H groups in total. The third kappa shape index (κ3) is 13.7. The second-order valence-electron chi connectivity index (χ2n) is 9.94. The standard InChI is InChI=1S/2C6H15N.2C4H9.Sn/c2*1-5-6-7(2,3)4;2*1-3-4-2;/h2*1,5-6H2,2-4H3;2*1,3-4H2,2H3;/q2*+1;;;. The van der Waals surface area contributed by atoms with E-state index in [1.807, 2.05) is 0 Å². The topological polar surface area (TPSA) is 0 Å². The van der Waals surface area contributed by atoms with E-state index >= 15 is 0 Å². The number of unbranched alkanes of at least 4 members (excludes halogenated alkanes) is 2. The molecule has 0 aromatic carbocycles. The molecule has 0 saturated heterocycles. The average Bonchev–Trinajstić information content (AvgIpc) is 2.39. The molecule has 0 aromatic rings. The van der Waals surface area contributed by atoms with E-state index in [9.17, 15) is 0 Å². The van der Waals surface area contributed by atoms with Gasteiger partial charge in [-0.15, -0.1) is 0 Å². The van der Waals surface area contributed by atoms with Crippen LogP contribution in [0.15, 0.2) is 0 Å². The number of nitrogens with zero attached hydrogens (tertiary/aromatic N) is 2. The van der Waals surface area contributed by atoms with Crippen LogP contribution < -0.4 is 0 Å². The maximum atomic E-state index is 2.38. The van der Waals surface area contributed by atoms with Gasteiger partial charge in [0, 0.05) is 0 Å². The van der Waals surface area contributed by atoms with E-state index in [-0.39, 0.29) is 0 Å². The first kappa shape index (κ1) is 23.7. The summed E-state index contributed by atoms with van der Waals surface area (Å²) in [6.45, 7) is 7.50. The zero-order valence-electron chi connectivity index (χ0n) is 17.9. The van der Waals surface area contributed by atoms with E-state index in [1.54, 1.807) is 17.7 Å². The van der Waals surface area contributed by atoms with E-state index in [0.717, 1.165) is 8.97 Å². The third-order valence-corrected chi connectivity index (χ3v) is 21.3. The van der Waals surface area contributed by atoms with Crippen LogP contribution in [0.25, 0.3) is 0 Å². The molecule has 0 aliphatic heterocycles. The second-order valence-corrected chi connectivity index (χ2v) is 24.2. The van der Waals surface area contributed by atoms with Crippen molar-refractivity contribution in [1.29, 1.82) is 0 Å². The molecule has 23 heavy (non-hydrogen) atoms. The molecule has 0 radical (unpaired) electrons. The van der Waals surface area contributed by atoms with Crippen LogP contribution in [0.2, 0.25) is 17.7 Å². The Hall–Kier alpha value is 0.719. The Kier molecular flexibility index (Phi) is 11.7. The molecule has 0 bridgehead atoms. The SMILES string of the molecule is CCC[CH2][Sn]([CH2]CCC)([CH2]CC[N+](C)(C)C)[CH2]CC[N+](C)(C)C. The molecule has 140 valence electrons. The Bertz CT molecular complexity index is 259. The van der Waals surface area contributed by atoms with Gasteiger partial charge in [0.15, 0.2) is 0 Å². The van der Waals surface area contributed by atoms with Gasteiger partial charge in [-0.1, -0.05) is 0 Å². The molecule has 0 aliphatic rings. The van der Waals surface area contributed by atoms with Crippen LogP contribution in [0.4, 0.5) is 0 Å². The summed E-state index contributed by atoms with van der Waals surface area (Å²) in [5.74, 6) is 0. The Morgan fingerprint density at radius 3 is 1.09 bits per heavy atom. The molecule has 0 fully saturated rings. The summed E-state index contributed by atoms with van der Waals surface area (Å²) < 4.78 is 8.92. The molecule has 0 aliphatic carbocycles. The molecular formula is C20H48N2Sn+2. The summed E-state index contributed by atoms with van der Waals surface area (Å²) >= 11 is -1.92. The van der Waals surface area contributed by atoms with Crippen LogP contribution in [0, 0.1) is 0 Å². The van der Waals surface area contributed by atoms with Gasteiger partial charge in [-0.3, -0.25) is 0 Å². The Balaban J connectivity index is 4.77. The van der Waals surface area contributed by atoms with Crippen LogP contribution in [0.5, 0.6) is 0 Å². The number of hydrogen-bond donors (Lipinski definition) is 0. The van der Waals surface area contributed by atoms with Gasteiger partial charge >= 0.3 is 153 Å². The zero-order chi connectivity index (χ0) is 18.0. The molecule has 0 heterocycles. The van der Waals surface area contributed by atoms with Crippen molar-refractivity contribution in [3.8, 4) is 0 Å². The van der Waals surface area contributed by atoms with E-state index < -0.39 is 18.4 Å². The summed E-state index contributed by atoms with van der Waals surface area (Å²) in [6, 6.07) is 0. The Labute approximate surface area is 152 Å². The molecule has 0 amide bonds. The second kappa shape index (κ2) is 11.4. The Morgan fingerprint density at radius 1 is 0.522 bits per heavy atom. The molecular weight excluding hydrogens is 387 g/mol. The van der Waals surface area contributed by atoms with E-state index in [0.29, 0.717) is 0 Å². The summed E-state index contributed by atoms with van der Waals surface area (Å²) in [6.07, 6.45) is 8.78.